The van der Waals surface area contributed by atoms with Crippen molar-refractivity contribution in [1.29, 1.82) is 0 Å². The van der Waals surface area contributed by atoms with E-state index in [-0.39, 0.29) is 6.79 Å². The molecule has 1 aromatic carbocycles. The maximum Gasteiger partial charge on any atom is 0.231 e. The molecule has 0 spiro atoms. The van der Waals surface area contributed by atoms with Crippen LogP contribution in [0.5, 0.6) is 17.2 Å². The lowest BCUT2D eigenvalue weighted by Gasteiger charge is -2.34. The topological polar surface area (TPSA) is 43.0 Å². The number of nitrogens with zero attached hydrogens (tertiary/aromatic N) is 1. The predicted molar refractivity (Wildman–Crippen MR) is 76.6 cm³/mol. The molecule has 0 aromatic heterocycles. The zero-order chi connectivity index (χ0) is 13.9. The van der Waals surface area contributed by atoms with Crippen LogP contribution >= 0.6 is 0 Å². The highest BCUT2D eigenvalue weighted by atomic mass is 16.7. The fourth-order valence-corrected chi connectivity index (χ4v) is 3.04. The number of hydrogen-bond donors (Lipinski definition) is 1. The van der Waals surface area contributed by atoms with Crippen LogP contribution in [0.4, 0.5) is 0 Å². The van der Waals surface area contributed by atoms with E-state index in [1.54, 1.807) is 7.11 Å². The van der Waals surface area contributed by atoms with E-state index in [1.165, 1.54) is 5.56 Å². The minimum atomic E-state index is 0.277. The summed E-state index contributed by atoms with van der Waals surface area (Å²) in [5, 5.41) is 3.40. The lowest BCUT2D eigenvalue weighted by Crippen LogP contribution is -2.45. The van der Waals surface area contributed by atoms with E-state index in [0.29, 0.717) is 6.04 Å². The summed E-state index contributed by atoms with van der Waals surface area (Å²) in [6, 6.07) is 4.59. The van der Waals surface area contributed by atoms with Gasteiger partial charge in [-0.25, -0.2) is 0 Å². The predicted octanol–water partition coefficient (Wildman–Crippen LogP) is 1.78. The highest BCUT2D eigenvalue weighted by Crippen LogP contribution is 2.44. The smallest absolute Gasteiger partial charge is 0.231 e. The molecule has 0 amide bonds. The maximum atomic E-state index is 5.53. The molecule has 1 N–H and O–H groups in total. The van der Waals surface area contributed by atoms with Gasteiger partial charge in [-0.05, 0) is 24.1 Å². The Labute approximate surface area is 119 Å². The summed E-state index contributed by atoms with van der Waals surface area (Å²) in [6.45, 7) is 6.77. The van der Waals surface area contributed by atoms with Gasteiger partial charge < -0.3 is 19.5 Å². The first-order valence-corrected chi connectivity index (χ1v) is 7.25. The van der Waals surface area contributed by atoms with Crippen molar-refractivity contribution in [2.24, 2.45) is 0 Å². The summed E-state index contributed by atoms with van der Waals surface area (Å²) in [5.41, 5.74) is 1.25. The van der Waals surface area contributed by atoms with Crippen LogP contribution < -0.4 is 19.5 Å². The monoisotopic (exact) mass is 278 g/mol. The number of methoxy groups -OCH3 is 1. The number of hydrogen-bond acceptors (Lipinski definition) is 5. The molecule has 2 aliphatic rings. The number of piperazine rings is 1. The largest absolute Gasteiger partial charge is 0.493 e. The minimum absolute atomic E-state index is 0.277. The molecule has 3 rings (SSSR count). The number of ether oxygens (including phenoxy) is 3. The van der Waals surface area contributed by atoms with Crippen molar-refractivity contribution >= 4 is 0 Å². The SMILES string of the molecule is CC[C@@H](c1cc(OC)c2c(c1)OCO2)N1CCNCC1. The molecule has 1 saturated heterocycles. The molecule has 2 heterocycles. The van der Waals surface area contributed by atoms with Gasteiger partial charge >= 0.3 is 0 Å². The molecule has 1 atom stereocenters. The Bertz CT molecular complexity index is 472. The van der Waals surface area contributed by atoms with Gasteiger partial charge in [-0.15, -0.1) is 0 Å². The summed E-state index contributed by atoms with van der Waals surface area (Å²) in [4.78, 5) is 2.52. The molecule has 1 fully saturated rings. The van der Waals surface area contributed by atoms with Gasteiger partial charge in [0.05, 0.1) is 7.11 Å². The van der Waals surface area contributed by atoms with E-state index >= 15 is 0 Å². The van der Waals surface area contributed by atoms with Crippen LogP contribution in [0.2, 0.25) is 0 Å². The first-order valence-electron chi connectivity index (χ1n) is 7.25. The third kappa shape index (κ3) is 2.43. The highest BCUT2D eigenvalue weighted by Gasteiger charge is 2.26. The summed E-state index contributed by atoms with van der Waals surface area (Å²) in [6.07, 6.45) is 1.07. The van der Waals surface area contributed by atoms with E-state index < -0.39 is 0 Å². The third-order valence-corrected chi connectivity index (χ3v) is 4.04. The van der Waals surface area contributed by atoms with Crippen molar-refractivity contribution in [2.45, 2.75) is 19.4 Å². The van der Waals surface area contributed by atoms with Crippen LogP contribution in [0.3, 0.4) is 0 Å². The standard InChI is InChI=1S/C15H22N2O3/c1-3-12(17-6-4-16-5-7-17)11-8-13(18-2)15-14(9-11)19-10-20-15/h8-9,12,16H,3-7,10H2,1-2H3/t12-/m0/s1. The summed E-state index contributed by atoms with van der Waals surface area (Å²) >= 11 is 0. The van der Waals surface area contributed by atoms with Gasteiger partial charge in [-0.1, -0.05) is 6.92 Å². The van der Waals surface area contributed by atoms with Gasteiger partial charge in [0.1, 0.15) is 0 Å². The molecule has 0 unspecified atom stereocenters. The van der Waals surface area contributed by atoms with Crippen LogP contribution in [0.25, 0.3) is 0 Å². The average molecular weight is 278 g/mol. The Kier molecular flexibility index (Phi) is 3.98. The van der Waals surface area contributed by atoms with Crippen molar-refractivity contribution in [3.8, 4) is 17.2 Å². The van der Waals surface area contributed by atoms with Crippen LogP contribution in [0.1, 0.15) is 24.9 Å². The van der Waals surface area contributed by atoms with E-state index in [4.69, 9.17) is 14.2 Å². The molecule has 5 nitrogen and oxygen atoms in total. The molecular weight excluding hydrogens is 256 g/mol. The Morgan fingerprint density at radius 1 is 1.30 bits per heavy atom. The zero-order valence-electron chi connectivity index (χ0n) is 12.1. The number of nitrogens with one attached hydrogen (secondary N) is 1. The van der Waals surface area contributed by atoms with Gasteiger partial charge in [0.15, 0.2) is 11.5 Å². The fourth-order valence-electron chi connectivity index (χ4n) is 3.04. The van der Waals surface area contributed by atoms with Crippen molar-refractivity contribution in [3.05, 3.63) is 17.7 Å². The maximum absolute atomic E-state index is 5.53. The number of rotatable bonds is 4. The Morgan fingerprint density at radius 3 is 2.80 bits per heavy atom. The molecule has 5 heteroatoms. The van der Waals surface area contributed by atoms with Crippen molar-refractivity contribution < 1.29 is 14.2 Å². The molecule has 2 aliphatic heterocycles. The van der Waals surface area contributed by atoms with Gasteiger partial charge in [-0.3, -0.25) is 4.90 Å². The Morgan fingerprint density at radius 2 is 2.10 bits per heavy atom. The van der Waals surface area contributed by atoms with E-state index in [1.807, 2.05) is 0 Å². The molecule has 0 radical (unpaired) electrons. The summed E-state index contributed by atoms with van der Waals surface area (Å²) in [7, 11) is 1.67. The van der Waals surface area contributed by atoms with Crippen LogP contribution in [-0.4, -0.2) is 45.0 Å². The molecule has 1 aromatic rings. The van der Waals surface area contributed by atoms with E-state index in [9.17, 15) is 0 Å². The Balaban J connectivity index is 1.91. The highest BCUT2D eigenvalue weighted by molar-refractivity contribution is 5.55. The average Bonchev–Trinajstić information content (AvgIpc) is 2.97. The number of benzene rings is 1. The first kappa shape index (κ1) is 13.5. The van der Waals surface area contributed by atoms with Crippen molar-refractivity contribution in [2.75, 3.05) is 40.1 Å². The van der Waals surface area contributed by atoms with Gasteiger partial charge in [0, 0.05) is 32.2 Å². The molecule has 0 aliphatic carbocycles. The molecule has 0 saturated carbocycles. The van der Waals surface area contributed by atoms with Crippen LogP contribution in [-0.2, 0) is 0 Å². The van der Waals surface area contributed by atoms with Crippen LogP contribution in [0, 0.1) is 0 Å². The third-order valence-electron chi connectivity index (χ3n) is 4.04. The van der Waals surface area contributed by atoms with Gasteiger partial charge in [0.2, 0.25) is 12.5 Å². The second-order valence-electron chi connectivity index (χ2n) is 5.17. The normalized spacial score (nSPS) is 19.9. The molecule has 20 heavy (non-hydrogen) atoms. The lowest BCUT2D eigenvalue weighted by molar-refractivity contribution is 0.167. The summed E-state index contributed by atoms with van der Waals surface area (Å²) in [5.74, 6) is 2.29. The zero-order valence-corrected chi connectivity index (χ0v) is 12.1. The Hall–Kier alpha value is -1.46. The second-order valence-corrected chi connectivity index (χ2v) is 5.17. The van der Waals surface area contributed by atoms with Crippen molar-refractivity contribution in [3.63, 3.8) is 0 Å². The van der Waals surface area contributed by atoms with E-state index in [2.05, 4.69) is 29.3 Å². The quantitative estimate of drug-likeness (QED) is 0.909. The molecule has 110 valence electrons. The van der Waals surface area contributed by atoms with Gasteiger partial charge in [0.25, 0.3) is 0 Å². The molecular formula is C15H22N2O3. The first-order chi connectivity index (χ1) is 9.83. The van der Waals surface area contributed by atoms with Crippen LogP contribution in [0.15, 0.2) is 12.1 Å². The molecule has 0 bridgehead atoms. The number of fused-ring (bicyclic) bond motifs is 1. The lowest BCUT2D eigenvalue weighted by atomic mass is 10.0. The van der Waals surface area contributed by atoms with E-state index in [0.717, 1.165) is 49.8 Å². The van der Waals surface area contributed by atoms with Crippen molar-refractivity contribution in [1.82, 2.24) is 10.2 Å². The van der Waals surface area contributed by atoms with Gasteiger partial charge in [-0.2, -0.15) is 0 Å². The second kappa shape index (κ2) is 5.89. The minimum Gasteiger partial charge on any atom is -0.493 e. The summed E-state index contributed by atoms with van der Waals surface area (Å²) < 4.78 is 16.4. The fraction of sp³-hybridized carbons (Fsp3) is 0.600.